The summed E-state index contributed by atoms with van der Waals surface area (Å²) in [5.41, 5.74) is 8.90. The molecule has 0 saturated carbocycles. The summed E-state index contributed by atoms with van der Waals surface area (Å²) >= 11 is 0. The van der Waals surface area contributed by atoms with Crippen LogP contribution in [0.25, 0.3) is 22.3 Å². The lowest BCUT2D eigenvalue weighted by atomic mass is 10.1. The van der Waals surface area contributed by atoms with E-state index in [0.717, 1.165) is 31.5 Å². The lowest BCUT2D eigenvalue weighted by molar-refractivity contribution is -0.111. The maximum absolute atomic E-state index is 12.2. The van der Waals surface area contributed by atoms with Gasteiger partial charge < -0.3 is 21.1 Å². The van der Waals surface area contributed by atoms with Crippen LogP contribution in [0.1, 0.15) is 18.9 Å². The molecule has 1 fully saturated rings. The molecule has 4 N–H and O–H groups in total. The Labute approximate surface area is 196 Å². The largest absolute Gasteiger partial charge is 0.455 e. The second-order valence-corrected chi connectivity index (χ2v) is 8.05. The van der Waals surface area contributed by atoms with E-state index in [1.54, 1.807) is 6.07 Å². The van der Waals surface area contributed by atoms with Gasteiger partial charge in [0.1, 0.15) is 23.6 Å². The molecule has 0 bridgehead atoms. The fourth-order valence-corrected chi connectivity index (χ4v) is 4.17. The van der Waals surface area contributed by atoms with Gasteiger partial charge in [0.05, 0.1) is 17.1 Å². The monoisotopic (exact) mass is 455 g/mol. The van der Waals surface area contributed by atoms with E-state index in [-0.39, 0.29) is 11.9 Å². The highest BCUT2D eigenvalue weighted by Gasteiger charge is 2.24. The first kappa shape index (κ1) is 21.6. The molecule has 2 aromatic carbocycles. The molecular formula is C25H25N7O2. The summed E-state index contributed by atoms with van der Waals surface area (Å²) in [4.78, 5) is 20.9. The molecule has 3 heterocycles. The first-order valence-corrected chi connectivity index (χ1v) is 11.1. The minimum absolute atomic E-state index is 0.215. The van der Waals surface area contributed by atoms with Crippen molar-refractivity contribution in [2.45, 2.75) is 18.9 Å². The van der Waals surface area contributed by atoms with E-state index in [2.05, 4.69) is 27.2 Å². The van der Waals surface area contributed by atoms with Gasteiger partial charge in [-0.25, -0.2) is 14.6 Å². The van der Waals surface area contributed by atoms with Gasteiger partial charge in [0.2, 0.25) is 5.91 Å². The molecule has 0 unspecified atom stereocenters. The molecule has 1 aliphatic heterocycles. The number of rotatable bonds is 6. The van der Waals surface area contributed by atoms with Crippen LogP contribution in [0.5, 0.6) is 11.5 Å². The highest BCUT2D eigenvalue weighted by molar-refractivity contribution is 6.02. The molecule has 0 aliphatic carbocycles. The third kappa shape index (κ3) is 4.20. The predicted molar refractivity (Wildman–Crippen MR) is 132 cm³/mol. The number of benzene rings is 2. The van der Waals surface area contributed by atoms with Crippen molar-refractivity contribution in [1.29, 1.82) is 0 Å². The van der Waals surface area contributed by atoms with Gasteiger partial charge in [-0.3, -0.25) is 4.79 Å². The number of carbonyl (C=O) groups excluding carboxylic acids is 1. The Morgan fingerprint density at radius 2 is 1.97 bits per heavy atom. The van der Waals surface area contributed by atoms with Crippen LogP contribution in [0, 0.1) is 0 Å². The first-order valence-electron chi connectivity index (χ1n) is 11.1. The van der Waals surface area contributed by atoms with Gasteiger partial charge in [-0.05, 0) is 62.3 Å². The third-order valence-electron chi connectivity index (χ3n) is 5.84. The zero-order valence-electron chi connectivity index (χ0n) is 18.6. The number of nitrogens with two attached hydrogens (primary N) is 1. The Morgan fingerprint density at radius 3 is 2.74 bits per heavy atom. The number of anilines is 2. The molecule has 9 heteroatoms. The second kappa shape index (κ2) is 9.32. The van der Waals surface area contributed by atoms with Crippen LogP contribution in [-0.2, 0) is 4.79 Å². The van der Waals surface area contributed by atoms with Crippen molar-refractivity contribution in [3.8, 4) is 22.8 Å². The second-order valence-electron chi connectivity index (χ2n) is 8.05. The summed E-state index contributed by atoms with van der Waals surface area (Å²) in [6.07, 6.45) is 4.58. The Kier molecular flexibility index (Phi) is 5.92. The number of ether oxygens (including phenoxy) is 1. The fourth-order valence-electron chi connectivity index (χ4n) is 4.17. The van der Waals surface area contributed by atoms with Crippen LogP contribution in [0.3, 0.4) is 0 Å². The van der Waals surface area contributed by atoms with Crippen LogP contribution < -0.4 is 21.1 Å². The molecule has 9 nitrogen and oxygen atoms in total. The molecule has 34 heavy (non-hydrogen) atoms. The average molecular weight is 456 g/mol. The topological polar surface area (TPSA) is 120 Å². The number of amides is 1. The molecule has 0 radical (unpaired) electrons. The van der Waals surface area contributed by atoms with Crippen molar-refractivity contribution in [3.05, 3.63) is 67.5 Å². The zero-order chi connectivity index (χ0) is 23.5. The van der Waals surface area contributed by atoms with E-state index in [4.69, 9.17) is 15.6 Å². The number of nitrogens with zero attached hydrogens (tertiary/aromatic N) is 4. The average Bonchev–Trinajstić information content (AvgIpc) is 3.27. The van der Waals surface area contributed by atoms with Crippen LogP contribution in [0.2, 0.25) is 0 Å². The van der Waals surface area contributed by atoms with Crippen molar-refractivity contribution in [1.82, 2.24) is 25.1 Å². The lowest BCUT2D eigenvalue weighted by Crippen LogP contribution is -2.30. The third-order valence-corrected chi connectivity index (χ3v) is 5.84. The Balaban J connectivity index is 1.61. The molecule has 172 valence electrons. The Hall–Kier alpha value is -4.24. The van der Waals surface area contributed by atoms with Crippen molar-refractivity contribution >= 4 is 28.4 Å². The number of hydrogen-bond acceptors (Lipinski definition) is 7. The summed E-state index contributed by atoms with van der Waals surface area (Å²) in [6, 6.07) is 15.1. The maximum atomic E-state index is 12.2. The quantitative estimate of drug-likeness (QED) is 0.377. The van der Waals surface area contributed by atoms with Gasteiger partial charge in [-0.15, -0.1) is 0 Å². The Bertz CT molecular complexity index is 1340. The standard InChI is InChI=1S/C25H25N7O2/c1-2-21(33)30-19-14-16(8-9-20(19)34-18-6-4-3-5-7-18)23-22-24(26)28-15-29-25(22)32(31-23)17-10-12-27-13-11-17/h2-9,14-15,17,27H,1,10-13H2,(H,30,33)(H2,26,28,29). The van der Waals surface area contributed by atoms with E-state index in [0.29, 0.717) is 39.7 Å². The van der Waals surface area contributed by atoms with Crippen molar-refractivity contribution in [2.75, 3.05) is 24.1 Å². The highest BCUT2D eigenvalue weighted by atomic mass is 16.5. The van der Waals surface area contributed by atoms with Crippen molar-refractivity contribution in [2.24, 2.45) is 0 Å². The summed E-state index contributed by atoms with van der Waals surface area (Å²) in [5, 5.41) is 11.8. The number of nitrogen functional groups attached to an aromatic ring is 1. The molecular weight excluding hydrogens is 430 g/mol. The van der Waals surface area contributed by atoms with E-state index >= 15 is 0 Å². The molecule has 1 aliphatic rings. The number of nitrogens with one attached hydrogen (secondary N) is 2. The van der Waals surface area contributed by atoms with Gasteiger partial charge in [0, 0.05) is 5.56 Å². The molecule has 1 amide bonds. The van der Waals surface area contributed by atoms with Crippen LogP contribution in [0.4, 0.5) is 11.5 Å². The van der Waals surface area contributed by atoms with E-state index < -0.39 is 0 Å². The number of hydrogen-bond donors (Lipinski definition) is 3. The number of piperidine rings is 1. The minimum Gasteiger partial charge on any atom is -0.455 e. The van der Waals surface area contributed by atoms with E-state index in [1.807, 2.05) is 47.1 Å². The fraction of sp³-hybridized carbons (Fsp3) is 0.200. The summed E-state index contributed by atoms with van der Waals surface area (Å²) in [7, 11) is 0. The molecule has 2 aromatic heterocycles. The maximum Gasteiger partial charge on any atom is 0.247 e. The Morgan fingerprint density at radius 1 is 1.18 bits per heavy atom. The van der Waals surface area contributed by atoms with Gasteiger partial charge >= 0.3 is 0 Å². The normalized spacial score (nSPS) is 14.1. The van der Waals surface area contributed by atoms with Crippen molar-refractivity contribution < 1.29 is 9.53 Å². The summed E-state index contributed by atoms with van der Waals surface area (Å²) < 4.78 is 7.98. The number of fused-ring (bicyclic) bond motifs is 1. The highest BCUT2D eigenvalue weighted by Crippen LogP contribution is 2.38. The zero-order valence-corrected chi connectivity index (χ0v) is 18.6. The number of aromatic nitrogens is 4. The van der Waals surface area contributed by atoms with Gasteiger partial charge in [-0.2, -0.15) is 5.10 Å². The molecule has 1 saturated heterocycles. The van der Waals surface area contributed by atoms with Crippen LogP contribution >= 0.6 is 0 Å². The minimum atomic E-state index is -0.344. The SMILES string of the molecule is C=CC(=O)Nc1cc(-c2nn(C3CCNCC3)c3ncnc(N)c23)ccc1Oc1ccccc1. The first-order chi connectivity index (χ1) is 16.6. The van der Waals surface area contributed by atoms with E-state index in [9.17, 15) is 4.79 Å². The van der Waals surface area contributed by atoms with Crippen LogP contribution in [-0.4, -0.2) is 38.7 Å². The smallest absolute Gasteiger partial charge is 0.247 e. The summed E-state index contributed by atoms with van der Waals surface area (Å²) in [5.74, 6) is 1.17. The van der Waals surface area contributed by atoms with Crippen LogP contribution in [0.15, 0.2) is 67.5 Å². The van der Waals surface area contributed by atoms with Gasteiger partial charge in [-0.1, -0.05) is 24.8 Å². The lowest BCUT2D eigenvalue weighted by Gasteiger charge is -2.23. The number of para-hydroxylation sites is 1. The molecule has 0 atom stereocenters. The summed E-state index contributed by atoms with van der Waals surface area (Å²) in [6.45, 7) is 5.40. The molecule has 5 rings (SSSR count). The van der Waals surface area contributed by atoms with E-state index in [1.165, 1.54) is 12.4 Å². The molecule has 0 spiro atoms. The van der Waals surface area contributed by atoms with Crippen molar-refractivity contribution in [3.63, 3.8) is 0 Å². The molecule has 4 aromatic rings. The number of carbonyl (C=O) groups is 1. The predicted octanol–water partition coefficient (Wildman–Crippen LogP) is 3.92. The van der Waals surface area contributed by atoms with Gasteiger partial charge in [0.15, 0.2) is 11.4 Å². The van der Waals surface area contributed by atoms with Gasteiger partial charge in [0.25, 0.3) is 0 Å².